The first-order valence-electron chi connectivity index (χ1n) is 6.23. The van der Waals surface area contributed by atoms with E-state index >= 15 is 0 Å². The number of hydrogen-bond acceptors (Lipinski definition) is 4. The second-order valence-electron chi connectivity index (χ2n) is 4.86. The minimum Gasteiger partial charge on any atom is -0.386 e. The van der Waals surface area contributed by atoms with Crippen LogP contribution in [0.4, 0.5) is 0 Å². The van der Waals surface area contributed by atoms with E-state index in [-0.39, 0.29) is 19.1 Å². The van der Waals surface area contributed by atoms with Gasteiger partial charge in [0.2, 0.25) is 0 Å². The van der Waals surface area contributed by atoms with Crippen LogP contribution in [0.2, 0.25) is 0 Å². The van der Waals surface area contributed by atoms with Crippen molar-refractivity contribution in [3.8, 4) is 0 Å². The molecule has 1 atom stereocenters. The van der Waals surface area contributed by atoms with Gasteiger partial charge in [0.1, 0.15) is 5.60 Å². The fourth-order valence-electron chi connectivity index (χ4n) is 2.23. The number of benzene rings is 1. The Morgan fingerprint density at radius 1 is 1.47 bits per heavy atom. The SMILES string of the molecule is O=C(NCC1(O)CCOC1)c1csc2ccccc12. The lowest BCUT2D eigenvalue weighted by Gasteiger charge is -2.20. The Kier molecular flexibility index (Phi) is 3.26. The Labute approximate surface area is 115 Å². The molecule has 1 amide bonds. The maximum atomic E-state index is 12.2. The highest BCUT2D eigenvalue weighted by atomic mass is 32.1. The molecule has 19 heavy (non-hydrogen) atoms. The van der Waals surface area contributed by atoms with Crippen LogP contribution in [0, 0.1) is 0 Å². The molecule has 4 nitrogen and oxygen atoms in total. The van der Waals surface area contributed by atoms with Crippen molar-refractivity contribution in [3.05, 3.63) is 35.2 Å². The molecular formula is C14H15NO3S. The minimum atomic E-state index is -0.915. The van der Waals surface area contributed by atoms with Gasteiger partial charge in [0.15, 0.2) is 0 Å². The molecule has 1 unspecified atom stereocenters. The van der Waals surface area contributed by atoms with Gasteiger partial charge in [-0.2, -0.15) is 0 Å². The molecular weight excluding hydrogens is 262 g/mol. The number of carbonyl (C=O) groups excluding carboxylic acids is 1. The molecule has 2 heterocycles. The smallest absolute Gasteiger partial charge is 0.252 e. The quantitative estimate of drug-likeness (QED) is 0.899. The lowest BCUT2D eigenvalue weighted by Crippen LogP contribution is -2.43. The van der Waals surface area contributed by atoms with Gasteiger partial charge in [0.25, 0.3) is 5.91 Å². The summed E-state index contributed by atoms with van der Waals surface area (Å²) in [6.07, 6.45) is 0.567. The fourth-order valence-corrected chi connectivity index (χ4v) is 3.17. The Balaban J connectivity index is 1.73. The maximum absolute atomic E-state index is 12.2. The van der Waals surface area contributed by atoms with Crippen LogP contribution in [0.5, 0.6) is 0 Å². The van der Waals surface area contributed by atoms with E-state index in [4.69, 9.17) is 4.74 Å². The second-order valence-corrected chi connectivity index (χ2v) is 5.77. The predicted molar refractivity (Wildman–Crippen MR) is 74.5 cm³/mol. The maximum Gasteiger partial charge on any atom is 0.252 e. The lowest BCUT2D eigenvalue weighted by atomic mass is 10.0. The summed E-state index contributed by atoms with van der Waals surface area (Å²) in [5, 5.41) is 15.7. The molecule has 5 heteroatoms. The van der Waals surface area contributed by atoms with Crippen molar-refractivity contribution < 1.29 is 14.6 Å². The van der Waals surface area contributed by atoms with E-state index in [2.05, 4.69) is 5.32 Å². The Hall–Kier alpha value is -1.43. The molecule has 1 aromatic carbocycles. The molecule has 1 saturated heterocycles. The van der Waals surface area contributed by atoms with Gasteiger partial charge in [-0.05, 0) is 6.07 Å². The van der Waals surface area contributed by atoms with Gasteiger partial charge >= 0.3 is 0 Å². The Morgan fingerprint density at radius 2 is 2.32 bits per heavy atom. The third-order valence-corrected chi connectivity index (χ3v) is 4.35. The zero-order valence-corrected chi connectivity index (χ0v) is 11.2. The number of fused-ring (bicyclic) bond motifs is 1. The van der Waals surface area contributed by atoms with Crippen molar-refractivity contribution >= 4 is 27.3 Å². The highest BCUT2D eigenvalue weighted by Gasteiger charge is 2.32. The fraction of sp³-hybridized carbons (Fsp3) is 0.357. The third-order valence-electron chi connectivity index (χ3n) is 3.39. The molecule has 2 N–H and O–H groups in total. The minimum absolute atomic E-state index is 0.141. The van der Waals surface area contributed by atoms with Crippen molar-refractivity contribution in [2.45, 2.75) is 12.0 Å². The van der Waals surface area contributed by atoms with Crippen molar-refractivity contribution in [2.24, 2.45) is 0 Å². The van der Waals surface area contributed by atoms with Crippen LogP contribution < -0.4 is 5.32 Å². The highest BCUT2D eigenvalue weighted by Crippen LogP contribution is 2.25. The average Bonchev–Trinajstić information content (AvgIpc) is 3.03. The van der Waals surface area contributed by atoms with Gasteiger partial charge in [-0.1, -0.05) is 18.2 Å². The van der Waals surface area contributed by atoms with Crippen LogP contribution in [0.3, 0.4) is 0 Å². The Bertz CT molecular complexity index is 602. The third kappa shape index (κ3) is 2.49. The van der Waals surface area contributed by atoms with Crippen molar-refractivity contribution in [3.63, 3.8) is 0 Å². The monoisotopic (exact) mass is 277 g/mol. The molecule has 0 bridgehead atoms. The summed E-state index contributed by atoms with van der Waals surface area (Å²) in [5.74, 6) is -0.141. The van der Waals surface area contributed by atoms with Crippen LogP contribution in [-0.4, -0.2) is 36.4 Å². The number of rotatable bonds is 3. The number of amides is 1. The van der Waals surface area contributed by atoms with E-state index in [1.165, 1.54) is 0 Å². The van der Waals surface area contributed by atoms with Gasteiger partial charge < -0.3 is 15.2 Å². The number of hydrogen-bond donors (Lipinski definition) is 2. The second kappa shape index (κ2) is 4.92. The number of aliphatic hydroxyl groups is 1. The number of ether oxygens (including phenoxy) is 1. The van der Waals surface area contributed by atoms with Crippen molar-refractivity contribution in [2.75, 3.05) is 19.8 Å². The molecule has 0 saturated carbocycles. The van der Waals surface area contributed by atoms with E-state index in [1.54, 1.807) is 11.3 Å². The summed E-state index contributed by atoms with van der Waals surface area (Å²) in [6, 6.07) is 7.81. The topological polar surface area (TPSA) is 58.6 Å². The Morgan fingerprint density at radius 3 is 3.11 bits per heavy atom. The predicted octanol–water partition coefficient (Wildman–Crippen LogP) is 1.78. The molecule has 1 aliphatic heterocycles. The van der Waals surface area contributed by atoms with Crippen LogP contribution in [-0.2, 0) is 4.74 Å². The molecule has 1 aromatic heterocycles. The molecule has 0 aliphatic carbocycles. The van der Waals surface area contributed by atoms with Gasteiger partial charge in [-0.25, -0.2) is 0 Å². The van der Waals surface area contributed by atoms with Gasteiger partial charge in [-0.15, -0.1) is 11.3 Å². The number of carbonyl (C=O) groups is 1. The molecule has 0 radical (unpaired) electrons. The first kappa shape index (κ1) is 12.6. The van der Waals surface area contributed by atoms with Crippen LogP contribution in [0.25, 0.3) is 10.1 Å². The van der Waals surface area contributed by atoms with Gasteiger partial charge in [0, 0.05) is 35.0 Å². The molecule has 2 aromatic rings. The molecule has 1 fully saturated rings. The summed E-state index contributed by atoms with van der Waals surface area (Å²) in [4.78, 5) is 12.2. The zero-order chi connectivity index (χ0) is 13.3. The van der Waals surface area contributed by atoms with Gasteiger partial charge in [0.05, 0.1) is 12.2 Å². The van der Waals surface area contributed by atoms with Crippen molar-refractivity contribution in [1.29, 1.82) is 0 Å². The van der Waals surface area contributed by atoms with E-state index in [0.717, 1.165) is 10.1 Å². The van der Waals surface area contributed by atoms with Crippen LogP contribution in [0.15, 0.2) is 29.6 Å². The standard InChI is InChI=1S/C14H15NO3S/c16-13(15-8-14(17)5-6-18-9-14)11-7-19-12-4-2-1-3-10(11)12/h1-4,7,17H,5-6,8-9H2,(H,15,16). The zero-order valence-electron chi connectivity index (χ0n) is 10.4. The van der Waals surface area contributed by atoms with E-state index < -0.39 is 5.60 Å². The van der Waals surface area contributed by atoms with E-state index in [0.29, 0.717) is 18.6 Å². The highest BCUT2D eigenvalue weighted by molar-refractivity contribution is 7.17. The van der Waals surface area contributed by atoms with Gasteiger partial charge in [-0.3, -0.25) is 4.79 Å². The largest absolute Gasteiger partial charge is 0.386 e. The summed E-state index contributed by atoms with van der Waals surface area (Å²) in [7, 11) is 0. The first-order chi connectivity index (χ1) is 9.18. The lowest BCUT2D eigenvalue weighted by molar-refractivity contribution is 0.0265. The molecule has 0 spiro atoms. The number of nitrogens with one attached hydrogen (secondary N) is 1. The van der Waals surface area contributed by atoms with Crippen LogP contribution >= 0.6 is 11.3 Å². The molecule has 1 aliphatic rings. The normalized spacial score (nSPS) is 22.8. The van der Waals surface area contributed by atoms with Crippen molar-refractivity contribution in [1.82, 2.24) is 5.32 Å². The summed E-state index contributed by atoms with van der Waals surface area (Å²) < 4.78 is 6.25. The van der Waals surface area contributed by atoms with E-state index in [9.17, 15) is 9.90 Å². The molecule has 3 rings (SSSR count). The average molecular weight is 277 g/mol. The summed E-state index contributed by atoms with van der Waals surface area (Å²) in [6.45, 7) is 1.07. The molecule has 100 valence electrons. The summed E-state index contributed by atoms with van der Waals surface area (Å²) in [5.41, 5.74) is -0.246. The summed E-state index contributed by atoms with van der Waals surface area (Å²) >= 11 is 1.55. The van der Waals surface area contributed by atoms with E-state index in [1.807, 2.05) is 29.6 Å². The number of thiophene rings is 1. The first-order valence-corrected chi connectivity index (χ1v) is 7.10. The van der Waals surface area contributed by atoms with Crippen LogP contribution in [0.1, 0.15) is 16.8 Å².